The average molecular weight is 345 g/mol. The molecule has 1 saturated heterocycles. The summed E-state index contributed by atoms with van der Waals surface area (Å²) in [6, 6.07) is -0.614. The molecule has 1 unspecified atom stereocenters. The lowest BCUT2D eigenvalue weighted by atomic mass is 9.86. The molecule has 0 amide bonds. The largest absolute Gasteiger partial charge is 0.390 e. The fourth-order valence-corrected chi connectivity index (χ4v) is 3.72. The molecule has 24 heavy (non-hydrogen) atoms. The zero-order valence-electron chi connectivity index (χ0n) is 15.5. The molecular formula is C18H35NO5. The molecule has 0 aromatic carbocycles. The molecule has 0 bridgehead atoms. The summed E-state index contributed by atoms with van der Waals surface area (Å²) < 4.78 is 18.3. The van der Waals surface area contributed by atoms with Gasteiger partial charge in [0.25, 0.3) is 0 Å². The van der Waals surface area contributed by atoms with E-state index in [0.29, 0.717) is 12.3 Å². The highest BCUT2D eigenvalue weighted by Crippen LogP contribution is 2.38. The van der Waals surface area contributed by atoms with Crippen LogP contribution in [-0.4, -0.2) is 59.2 Å². The Morgan fingerprint density at radius 2 is 1.79 bits per heavy atom. The van der Waals surface area contributed by atoms with Gasteiger partial charge in [0.2, 0.25) is 0 Å². The van der Waals surface area contributed by atoms with E-state index in [2.05, 4.69) is 6.92 Å². The third kappa shape index (κ3) is 4.90. The van der Waals surface area contributed by atoms with Gasteiger partial charge in [-0.05, 0) is 39.0 Å². The van der Waals surface area contributed by atoms with Gasteiger partial charge in [-0.25, -0.2) is 0 Å². The standard InChI is InChI=1S/C18H35NO5/c1-5-13(20)15(21)12(19)10-22-14-9-7-6-8-11(2)16-17(14)24-18(3,4)23-16/h11-17,20-21H,5-10,19H2,1-4H3/t11-,12-,13+,14?,15-,16-,17-/m0/s1. The normalized spacial score (nSPS) is 37.1. The maximum absolute atomic E-state index is 10.0. The van der Waals surface area contributed by atoms with Crippen molar-refractivity contribution < 1.29 is 24.4 Å². The van der Waals surface area contributed by atoms with Crippen molar-refractivity contribution in [3.8, 4) is 0 Å². The second-order valence-electron chi connectivity index (χ2n) is 7.83. The van der Waals surface area contributed by atoms with Gasteiger partial charge < -0.3 is 30.2 Å². The van der Waals surface area contributed by atoms with Crippen LogP contribution in [0.3, 0.4) is 0 Å². The van der Waals surface area contributed by atoms with Crippen LogP contribution in [0.5, 0.6) is 0 Å². The van der Waals surface area contributed by atoms with E-state index in [1.165, 1.54) is 0 Å². The molecular weight excluding hydrogens is 310 g/mol. The van der Waals surface area contributed by atoms with Crippen LogP contribution in [0.15, 0.2) is 0 Å². The summed E-state index contributed by atoms with van der Waals surface area (Å²) in [6.45, 7) is 8.10. The molecule has 6 nitrogen and oxygen atoms in total. The molecule has 1 aliphatic carbocycles. The summed E-state index contributed by atoms with van der Waals surface area (Å²) in [6.07, 6.45) is 2.73. The molecule has 4 N–H and O–H groups in total. The molecule has 6 heteroatoms. The zero-order valence-corrected chi connectivity index (χ0v) is 15.5. The fraction of sp³-hybridized carbons (Fsp3) is 1.00. The van der Waals surface area contributed by atoms with Gasteiger partial charge in [-0.15, -0.1) is 0 Å². The molecule has 1 heterocycles. The van der Waals surface area contributed by atoms with Crippen LogP contribution >= 0.6 is 0 Å². The summed E-state index contributed by atoms with van der Waals surface area (Å²) >= 11 is 0. The van der Waals surface area contributed by atoms with Crippen molar-refractivity contribution in [2.24, 2.45) is 11.7 Å². The highest BCUT2D eigenvalue weighted by atomic mass is 16.8. The first-order valence-corrected chi connectivity index (χ1v) is 9.34. The Morgan fingerprint density at radius 1 is 1.17 bits per heavy atom. The van der Waals surface area contributed by atoms with Crippen molar-refractivity contribution in [1.82, 2.24) is 0 Å². The van der Waals surface area contributed by atoms with Gasteiger partial charge in [0.15, 0.2) is 5.79 Å². The third-order valence-electron chi connectivity index (χ3n) is 5.24. The van der Waals surface area contributed by atoms with E-state index >= 15 is 0 Å². The minimum atomic E-state index is -0.976. The van der Waals surface area contributed by atoms with Crippen LogP contribution < -0.4 is 5.73 Å². The quantitative estimate of drug-likeness (QED) is 0.676. The van der Waals surface area contributed by atoms with Crippen LogP contribution in [0, 0.1) is 5.92 Å². The lowest BCUT2D eigenvalue weighted by Gasteiger charge is -2.33. The Bertz CT molecular complexity index is 392. The highest BCUT2D eigenvalue weighted by molar-refractivity contribution is 4.92. The van der Waals surface area contributed by atoms with Crippen LogP contribution in [0.4, 0.5) is 0 Å². The molecule has 142 valence electrons. The van der Waals surface area contributed by atoms with Crippen molar-refractivity contribution >= 4 is 0 Å². The molecule has 1 aliphatic heterocycles. The molecule has 2 fully saturated rings. The first-order chi connectivity index (χ1) is 11.2. The molecule has 1 saturated carbocycles. The number of nitrogens with two attached hydrogens (primary N) is 1. The van der Waals surface area contributed by atoms with E-state index in [0.717, 1.165) is 25.7 Å². The first kappa shape index (κ1) is 20.1. The number of hydrogen-bond donors (Lipinski definition) is 3. The second-order valence-corrected chi connectivity index (χ2v) is 7.83. The van der Waals surface area contributed by atoms with Gasteiger partial charge in [0, 0.05) is 0 Å². The van der Waals surface area contributed by atoms with Gasteiger partial charge in [0.1, 0.15) is 6.10 Å². The van der Waals surface area contributed by atoms with Crippen molar-refractivity contribution in [3.05, 3.63) is 0 Å². The van der Waals surface area contributed by atoms with E-state index in [-0.39, 0.29) is 24.9 Å². The molecule has 0 aromatic heterocycles. The van der Waals surface area contributed by atoms with E-state index in [1.54, 1.807) is 0 Å². The van der Waals surface area contributed by atoms with Crippen molar-refractivity contribution in [2.75, 3.05) is 6.61 Å². The molecule has 2 rings (SSSR count). The Balaban J connectivity index is 1.99. The zero-order chi connectivity index (χ0) is 17.9. The Labute approximate surface area is 145 Å². The average Bonchev–Trinajstić information content (AvgIpc) is 2.86. The monoisotopic (exact) mass is 345 g/mol. The van der Waals surface area contributed by atoms with E-state index < -0.39 is 24.0 Å². The van der Waals surface area contributed by atoms with Gasteiger partial charge in [-0.3, -0.25) is 0 Å². The third-order valence-corrected chi connectivity index (χ3v) is 5.24. The Kier molecular flexibility index (Phi) is 7.05. The van der Waals surface area contributed by atoms with Gasteiger partial charge in [-0.1, -0.05) is 26.7 Å². The maximum Gasteiger partial charge on any atom is 0.163 e. The predicted molar refractivity (Wildman–Crippen MR) is 91.5 cm³/mol. The predicted octanol–water partition coefficient (Wildman–Crippen LogP) is 1.56. The van der Waals surface area contributed by atoms with Gasteiger partial charge in [0.05, 0.1) is 37.1 Å². The molecule has 7 atom stereocenters. The summed E-state index contributed by atoms with van der Waals surface area (Å²) in [5.41, 5.74) is 5.99. The van der Waals surface area contributed by atoms with E-state index in [9.17, 15) is 10.2 Å². The highest BCUT2D eigenvalue weighted by Gasteiger charge is 2.48. The van der Waals surface area contributed by atoms with Crippen molar-refractivity contribution in [1.29, 1.82) is 0 Å². The number of aliphatic hydroxyl groups is 2. The fourth-order valence-electron chi connectivity index (χ4n) is 3.72. The topological polar surface area (TPSA) is 94.2 Å². The Hall–Kier alpha value is -0.240. The smallest absolute Gasteiger partial charge is 0.163 e. The maximum atomic E-state index is 10.0. The summed E-state index contributed by atoms with van der Waals surface area (Å²) in [7, 11) is 0. The number of rotatable bonds is 6. The number of fused-ring (bicyclic) bond motifs is 1. The summed E-state index contributed by atoms with van der Waals surface area (Å²) in [5.74, 6) is -0.181. The minimum absolute atomic E-state index is 0.0210. The van der Waals surface area contributed by atoms with Gasteiger partial charge in [-0.2, -0.15) is 0 Å². The van der Waals surface area contributed by atoms with Gasteiger partial charge >= 0.3 is 0 Å². The van der Waals surface area contributed by atoms with Crippen molar-refractivity contribution in [2.45, 2.75) is 102 Å². The number of hydrogen-bond acceptors (Lipinski definition) is 6. The number of ether oxygens (including phenoxy) is 3. The minimum Gasteiger partial charge on any atom is -0.390 e. The van der Waals surface area contributed by atoms with Crippen LogP contribution in [0.25, 0.3) is 0 Å². The molecule has 2 aliphatic rings. The van der Waals surface area contributed by atoms with Crippen molar-refractivity contribution in [3.63, 3.8) is 0 Å². The SMILES string of the molecule is CC[C@@H](O)[C@@H](O)[C@@H](N)COC1CCCC[C@H](C)[C@@H]2OC(C)(C)O[C@@H]12. The lowest BCUT2D eigenvalue weighted by molar-refractivity contribution is -0.162. The molecule has 0 radical (unpaired) electrons. The molecule has 0 aromatic rings. The first-order valence-electron chi connectivity index (χ1n) is 9.34. The van der Waals surface area contributed by atoms with E-state index in [1.807, 2.05) is 20.8 Å². The second kappa shape index (κ2) is 8.43. The van der Waals surface area contributed by atoms with Crippen LogP contribution in [0.2, 0.25) is 0 Å². The lowest BCUT2D eigenvalue weighted by Crippen LogP contribution is -2.48. The van der Waals surface area contributed by atoms with Crippen LogP contribution in [-0.2, 0) is 14.2 Å². The Morgan fingerprint density at radius 3 is 2.46 bits per heavy atom. The summed E-state index contributed by atoms with van der Waals surface area (Å²) in [5, 5.41) is 19.8. The molecule has 0 spiro atoms. The number of aliphatic hydroxyl groups excluding tert-OH is 2. The van der Waals surface area contributed by atoms with E-state index in [4.69, 9.17) is 19.9 Å². The van der Waals surface area contributed by atoms with Crippen LogP contribution in [0.1, 0.15) is 59.8 Å². The summed E-state index contributed by atoms with van der Waals surface area (Å²) in [4.78, 5) is 0.